The molecule has 556 valence electrons. The van der Waals surface area contributed by atoms with Crippen molar-refractivity contribution < 1.29 is 80.2 Å². The van der Waals surface area contributed by atoms with Gasteiger partial charge in [0.15, 0.2) is 12.2 Å². The van der Waals surface area contributed by atoms with E-state index in [1.807, 2.05) is 0 Å². The molecule has 0 bridgehead atoms. The minimum Gasteiger partial charge on any atom is -0.462 e. The molecule has 0 aromatic rings. The van der Waals surface area contributed by atoms with E-state index in [1.54, 1.807) is 0 Å². The lowest BCUT2D eigenvalue weighted by Gasteiger charge is -2.21. The van der Waals surface area contributed by atoms with E-state index in [9.17, 15) is 43.2 Å². The maximum Gasteiger partial charge on any atom is 0.472 e. The Balaban J connectivity index is 5.33. The third kappa shape index (κ3) is 68.8. The van der Waals surface area contributed by atoms with Crippen LogP contribution in [-0.2, 0) is 65.4 Å². The number of phosphoric acid groups is 2. The van der Waals surface area contributed by atoms with Crippen molar-refractivity contribution in [3.63, 3.8) is 0 Å². The minimum absolute atomic E-state index is 0.0802. The summed E-state index contributed by atoms with van der Waals surface area (Å²) >= 11 is 0. The molecule has 0 radical (unpaired) electrons. The topological polar surface area (TPSA) is 237 Å². The molecule has 0 saturated carbocycles. The summed E-state index contributed by atoms with van der Waals surface area (Å²) in [5.41, 5.74) is 0. The summed E-state index contributed by atoms with van der Waals surface area (Å²) in [7, 11) is -9.95. The number of allylic oxidation sites excluding steroid dienone is 14. The number of hydrogen-bond acceptors (Lipinski definition) is 15. The molecule has 3 N–H and O–H groups in total. The van der Waals surface area contributed by atoms with Crippen LogP contribution in [0.3, 0.4) is 0 Å². The van der Waals surface area contributed by atoms with Crippen molar-refractivity contribution >= 4 is 39.5 Å². The minimum atomic E-state index is -4.98. The molecule has 0 rings (SSSR count). The van der Waals surface area contributed by atoms with Crippen LogP contribution in [0.15, 0.2) is 85.1 Å². The van der Waals surface area contributed by atoms with Crippen molar-refractivity contribution in [1.82, 2.24) is 0 Å². The molecule has 0 aliphatic rings. The van der Waals surface area contributed by atoms with Crippen LogP contribution in [0.2, 0.25) is 0 Å². The summed E-state index contributed by atoms with van der Waals surface area (Å²) in [4.78, 5) is 72.7. The lowest BCUT2D eigenvalue weighted by Crippen LogP contribution is -2.30. The van der Waals surface area contributed by atoms with Crippen LogP contribution in [0.1, 0.15) is 323 Å². The first-order valence-electron chi connectivity index (χ1n) is 37.8. The maximum absolute atomic E-state index is 13.1. The largest absolute Gasteiger partial charge is 0.472 e. The monoisotopic (exact) mass is 1390 g/mol. The van der Waals surface area contributed by atoms with Gasteiger partial charge < -0.3 is 33.8 Å². The Morgan fingerprint density at radius 2 is 0.542 bits per heavy atom. The zero-order chi connectivity index (χ0) is 70.4. The fourth-order valence-corrected chi connectivity index (χ4v) is 11.6. The Morgan fingerprint density at radius 3 is 0.875 bits per heavy atom. The number of aliphatic hydroxyl groups is 1. The van der Waals surface area contributed by atoms with Crippen molar-refractivity contribution in [3.05, 3.63) is 85.1 Å². The number of carbonyl (C=O) groups excluding carboxylic acids is 4. The summed E-state index contributed by atoms with van der Waals surface area (Å²) in [6.07, 6.45) is 70.0. The fourth-order valence-electron chi connectivity index (χ4n) is 10.1. The first-order valence-corrected chi connectivity index (χ1v) is 40.8. The molecule has 0 aliphatic heterocycles. The normalized spacial score (nSPS) is 14.4. The van der Waals surface area contributed by atoms with Gasteiger partial charge in [0.05, 0.1) is 26.4 Å². The Bertz CT molecular complexity index is 2160. The van der Waals surface area contributed by atoms with Gasteiger partial charge in [-0.15, -0.1) is 0 Å². The van der Waals surface area contributed by atoms with E-state index in [0.29, 0.717) is 25.7 Å². The average Bonchev–Trinajstić information content (AvgIpc) is 1.17. The van der Waals surface area contributed by atoms with Crippen molar-refractivity contribution in [1.29, 1.82) is 0 Å². The third-order valence-electron chi connectivity index (χ3n) is 15.8. The Morgan fingerprint density at radius 1 is 0.302 bits per heavy atom. The highest BCUT2D eigenvalue weighted by molar-refractivity contribution is 7.47. The number of phosphoric ester groups is 2. The van der Waals surface area contributed by atoms with E-state index in [0.717, 1.165) is 161 Å². The van der Waals surface area contributed by atoms with Crippen molar-refractivity contribution in [2.75, 3.05) is 39.6 Å². The van der Waals surface area contributed by atoms with Crippen LogP contribution >= 0.6 is 15.6 Å². The number of ether oxygens (including phenoxy) is 4. The smallest absolute Gasteiger partial charge is 0.462 e. The van der Waals surface area contributed by atoms with Crippen molar-refractivity contribution in [2.24, 2.45) is 0 Å². The van der Waals surface area contributed by atoms with Crippen LogP contribution in [0.25, 0.3) is 0 Å². The third-order valence-corrected chi connectivity index (χ3v) is 17.7. The van der Waals surface area contributed by atoms with Crippen molar-refractivity contribution in [3.8, 4) is 0 Å². The fraction of sp³-hybridized carbons (Fsp3) is 0.766. The number of hydrogen-bond donors (Lipinski definition) is 3. The molecule has 0 aliphatic carbocycles. The SMILES string of the molecule is CC/C=C\C/C=C\C/C=C\C/C=C\CCCCCCC(=O)OCC(COP(=O)(O)OCC(O)COP(=O)(O)OCC(COC(=O)CCCCCCC/C=C\C/C=C\CCCCC)OC(=O)CCCCCCCCCCCCC)OC(=O)CCCCCCC/C=C\CCCCCC. The quantitative estimate of drug-likeness (QED) is 0.0169. The zero-order valence-electron chi connectivity index (χ0n) is 60.5. The summed E-state index contributed by atoms with van der Waals surface area (Å²) in [6.45, 7) is 4.68. The number of esters is 4. The molecule has 0 aromatic carbocycles. The second-order valence-corrected chi connectivity index (χ2v) is 28.1. The van der Waals surface area contributed by atoms with E-state index in [2.05, 4.69) is 113 Å². The highest BCUT2D eigenvalue weighted by Gasteiger charge is 2.30. The molecule has 0 amide bonds. The zero-order valence-corrected chi connectivity index (χ0v) is 62.3. The second-order valence-electron chi connectivity index (χ2n) is 25.2. The highest BCUT2D eigenvalue weighted by atomic mass is 31.2. The lowest BCUT2D eigenvalue weighted by molar-refractivity contribution is -0.161. The van der Waals surface area contributed by atoms with Crippen LogP contribution in [0.4, 0.5) is 0 Å². The van der Waals surface area contributed by atoms with E-state index in [4.69, 9.17) is 37.0 Å². The predicted molar refractivity (Wildman–Crippen MR) is 390 cm³/mol. The molecule has 17 nitrogen and oxygen atoms in total. The molecule has 5 atom stereocenters. The summed E-state index contributed by atoms with van der Waals surface area (Å²) < 4.78 is 68.4. The number of unbranched alkanes of at least 4 members (excludes halogenated alkanes) is 31. The van der Waals surface area contributed by atoms with E-state index in [-0.39, 0.29) is 25.7 Å². The second kappa shape index (κ2) is 69.7. The Kier molecular flexibility index (Phi) is 67.0. The molecule has 5 unspecified atom stereocenters. The average molecular weight is 1400 g/mol. The maximum atomic E-state index is 13.1. The van der Waals surface area contributed by atoms with Crippen LogP contribution in [-0.4, -0.2) is 96.7 Å². The Hall–Kier alpha value is -3.76. The van der Waals surface area contributed by atoms with E-state index < -0.39 is 97.5 Å². The lowest BCUT2D eigenvalue weighted by atomic mass is 10.1. The van der Waals surface area contributed by atoms with Gasteiger partial charge in [0.2, 0.25) is 0 Å². The van der Waals surface area contributed by atoms with E-state index in [1.165, 1.54) is 83.5 Å². The van der Waals surface area contributed by atoms with Gasteiger partial charge in [-0.1, -0.05) is 260 Å². The summed E-state index contributed by atoms with van der Waals surface area (Å²) in [5, 5.41) is 10.6. The first kappa shape index (κ1) is 92.2. The van der Waals surface area contributed by atoms with Gasteiger partial charge in [-0.3, -0.25) is 37.3 Å². The van der Waals surface area contributed by atoms with Gasteiger partial charge in [-0.05, 0) is 122 Å². The van der Waals surface area contributed by atoms with Gasteiger partial charge in [0.1, 0.15) is 19.3 Å². The molecule has 0 spiro atoms. The molecule has 19 heteroatoms. The van der Waals surface area contributed by atoms with Crippen LogP contribution in [0.5, 0.6) is 0 Å². The predicted octanol–water partition coefficient (Wildman–Crippen LogP) is 21.4. The number of carbonyl (C=O) groups is 4. The van der Waals surface area contributed by atoms with Gasteiger partial charge in [0, 0.05) is 25.7 Å². The number of aliphatic hydroxyl groups excluding tert-OH is 1. The highest BCUT2D eigenvalue weighted by Crippen LogP contribution is 2.45. The summed E-state index contributed by atoms with van der Waals surface area (Å²) in [5.74, 6) is -2.21. The molecule has 0 aromatic heterocycles. The van der Waals surface area contributed by atoms with Gasteiger partial charge in [-0.2, -0.15) is 0 Å². The number of rotatable bonds is 71. The van der Waals surface area contributed by atoms with Gasteiger partial charge in [-0.25, -0.2) is 9.13 Å². The standard InChI is InChI=1S/C77H136O17P2/c1-5-9-13-17-21-25-29-32-34-35-37-40-43-46-50-54-58-62-75(80)88-68-73(94-77(82)64-60-56-52-48-44-38-31-27-23-19-15-11-7-3)70-92-96(85,86)90-66-71(78)65-89-95(83,84)91-69-72(93-76(81)63-59-55-51-47-41-28-24-20-16-12-8-4)67-87-74(79)61-57-53-49-45-42-39-36-33-30-26-22-18-14-10-6-2/h9,13,21-22,25-27,31-34,36-37,40,71-73,78H,5-8,10-12,14-20,23-24,28-30,35,38-39,41-70H2,1-4H3,(H,83,84)(H,85,86)/b13-9-,25-21-,26-22-,31-27-,34-32-,36-33-,40-37-. The Labute approximate surface area is 583 Å². The van der Waals surface area contributed by atoms with E-state index >= 15 is 0 Å². The van der Waals surface area contributed by atoms with Crippen LogP contribution in [0, 0.1) is 0 Å². The molecule has 96 heavy (non-hydrogen) atoms. The van der Waals surface area contributed by atoms with Gasteiger partial charge >= 0.3 is 39.5 Å². The van der Waals surface area contributed by atoms with Gasteiger partial charge in [0.25, 0.3) is 0 Å². The first-order chi connectivity index (χ1) is 46.7. The molecule has 0 saturated heterocycles. The van der Waals surface area contributed by atoms with Crippen molar-refractivity contribution in [2.45, 2.75) is 341 Å². The molecule has 0 heterocycles. The molecule has 0 fully saturated rings. The van der Waals surface area contributed by atoms with Crippen LogP contribution < -0.4 is 0 Å². The summed E-state index contributed by atoms with van der Waals surface area (Å²) in [6, 6.07) is 0. The molecular formula is C77H136O17P2. The molecular weight excluding hydrogens is 1260 g/mol.